The highest BCUT2D eigenvalue weighted by Crippen LogP contribution is 2.24. The molecule has 27 heavy (non-hydrogen) atoms. The van der Waals surface area contributed by atoms with Gasteiger partial charge in [0.05, 0.1) is 19.3 Å². The molecule has 9 nitrogen and oxygen atoms in total. The molecule has 0 aliphatic heterocycles. The standard InChI is InChI=1S/C18H17N5O4/c1-3-27-18(25)12-4-7-14(8-5-12)20-17(24)13-6-9-15(16(10-13)26-2)23-11-19-21-22-23/h4-11H,3H2,1-2H3,(H,20,24). The third-order valence-electron chi connectivity index (χ3n) is 3.69. The Morgan fingerprint density at radius 2 is 1.85 bits per heavy atom. The van der Waals surface area contributed by atoms with Gasteiger partial charge in [-0.1, -0.05) is 0 Å². The fourth-order valence-electron chi connectivity index (χ4n) is 2.39. The van der Waals surface area contributed by atoms with E-state index in [1.165, 1.54) is 18.1 Å². The van der Waals surface area contributed by atoms with Gasteiger partial charge >= 0.3 is 5.97 Å². The number of nitrogens with zero attached hydrogens (tertiary/aromatic N) is 4. The van der Waals surface area contributed by atoms with Crippen LogP contribution in [0.4, 0.5) is 5.69 Å². The minimum absolute atomic E-state index is 0.305. The quantitative estimate of drug-likeness (QED) is 0.665. The van der Waals surface area contributed by atoms with Crippen LogP contribution in [0.25, 0.3) is 5.69 Å². The number of hydrogen-bond acceptors (Lipinski definition) is 7. The molecule has 0 aliphatic carbocycles. The second-order valence-electron chi connectivity index (χ2n) is 5.39. The van der Waals surface area contributed by atoms with Gasteiger partial charge in [0.1, 0.15) is 17.8 Å². The number of amides is 1. The maximum atomic E-state index is 12.5. The van der Waals surface area contributed by atoms with Crippen molar-refractivity contribution in [1.82, 2.24) is 20.2 Å². The number of carbonyl (C=O) groups excluding carboxylic acids is 2. The molecule has 138 valence electrons. The van der Waals surface area contributed by atoms with Crippen molar-refractivity contribution >= 4 is 17.6 Å². The molecule has 0 saturated carbocycles. The summed E-state index contributed by atoms with van der Waals surface area (Å²) >= 11 is 0. The first kappa shape index (κ1) is 18.1. The first-order valence-electron chi connectivity index (χ1n) is 8.12. The van der Waals surface area contributed by atoms with Gasteiger partial charge in [0.25, 0.3) is 5.91 Å². The molecule has 1 N–H and O–H groups in total. The zero-order valence-corrected chi connectivity index (χ0v) is 14.7. The van der Waals surface area contributed by atoms with Gasteiger partial charge in [-0.2, -0.15) is 4.68 Å². The molecule has 0 fully saturated rings. The molecule has 0 saturated heterocycles. The fourth-order valence-corrected chi connectivity index (χ4v) is 2.39. The van der Waals surface area contributed by atoms with Gasteiger partial charge in [0, 0.05) is 11.3 Å². The predicted molar refractivity (Wildman–Crippen MR) is 96.1 cm³/mol. The summed E-state index contributed by atoms with van der Waals surface area (Å²) in [6.07, 6.45) is 1.43. The molecule has 2 aromatic carbocycles. The molecule has 1 aromatic heterocycles. The number of carbonyl (C=O) groups is 2. The topological polar surface area (TPSA) is 108 Å². The van der Waals surface area contributed by atoms with Crippen LogP contribution in [0.15, 0.2) is 48.8 Å². The summed E-state index contributed by atoms with van der Waals surface area (Å²) in [7, 11) is 1.50. The molecule has 1 heterocycles. The fraction of sp³-hybridized carbons (Fsp3) is 0.167. The normalized spacial score (nSPS) is 10.3. The van der Waals surface area contributed by atoms with Crippen LogP contribution in [0, 0.1) is 0 Å². The summed E-state index contributed by atoms with van der Waals surface area (Å²) in [5, 5.41) is 13.7. The zero-order valence-electron chi connectivity index (χ0n) is 14.7. The molecule has 3 rings (SSSR count). The second kappa shape index (κ2) is 8.09. The van der Waals surface area contributed by atoms with E-state index in [2.05, 4.69) is 20.8 Å². The van der Waals surface area contributed by atoms with Gasteiger partial charge in [-0.25, -0.2) is 4.79 Å². The predicted octanol–water partition coefficient (Wildman–Crippen LogP) is 2.10. The van der Waals surface area contributed by atoms with Gasteiger partial charge < -0.3 is 14.8 Å². The van der Waals surface area contributed by atoms with Gasteiger partial charge in [0.15, 0.2) is 0 Å². The van der Waals surface area contributed by atoms with Crippen molar-refractivity contribution in [1.29, 1.82) is 0 Å². The van der Waals surface area contributed by atoms with Crippen molar-refractivity contribution in [2.75, 3.05) is 19.0 Å². The molecule has 0 spiro atoms. The number of anilines is 1. The van der Waals surface area contributed by atoms with Crippen LogP contribution in [0.2, 0.25) is 0 Å². The molecular formula is C18H17N5O4. The van der Waals surface area contributed by atoms with E-state index in [0.717, 1.165) is 0 Å². The van der Waals surface area contributed by atoms with Crippen molar-refractivity contribution in [3.63, 3.8) is 0 Å². The number of tetrazole rings is 1. The number of benzene rings is 2. The lowest BCUT2D eigenvalue weighted by Crippen LogP contribution is -2.13. The van der Waals surface area contributed by atoms with E-state index in [9.17, 15) is 9.59 Å². The molecule has 3 aromatic rings. The zero-order chi connectivity index (χ0) is 19.2. The Kier molecular flexibility index (Phi) is 5.41. The van der Waals surface area contributed by atoms with E-state index >= 15 is 0 Å². The summed E-state index contributed by atoms with van der Waals surface area (Å²) in [6.45, 7) is 2.05. The average Bonchev–Trinajstić information content (AvgIpc) is 3.22. The number of esters is 1. The van der Waals surface area contributed by atoms with Gasteiger partial charge in [0.2, 0.25) is 0 Å². The van der Waals surface area contributed by atoms with Crippen molar-refractivity contribution in [3.8, 4) is 11.4 Å². The van der Waals surface area contributed by atoms with Gasteiger partial charge in [-0.15, -0.1) is 5.10 Å². The van der Waals surface area contributed by atoms with Crippen LogP contribution < -0.4 is 10.1 Å². The van der Waals surface area contributed by atoms with Crippen LogP contribution in [0.3, 0.4) is 0 Å². The van der Waals surface area contributed by atoms with Gasteiger partial charge in [-0.3, -0.25) is 4.79 Å². The summed E-state index contributed by atoms with van der Waals surface area (Å²) in [4.78, 5) is 24.2. The summed E-state index contributed by atoms with van der Waals surface area (Å²) in [6, 6.07) is 11.4. The highest BCUT2D eigenvalue weighted by molar-refractivity contribution is 6.05. The molecule has 0 bridgehead atoms. The first-order chi connectivity index (χ1) is 13.1. The highest BCUT2D eigenvalue weighted by atomic mass is 16.5. The van der Waals surface area contributed by atoms with Crippen molar-refractivity contribution in [2.45, 2.75) is 6.92 Å². The van der Waals surface area contributed by atoms with Crippen molar-refractivity contribution in [3.05, 3.63) is 59.9 Å². The Balaban J connectivity index is 1.75. The number of methoxy groups -OCH3 is 1. The maximum Gasteiger partial charge on any atom is 0.338 e. The number of aromatic nitrogens is 4. The van der Waals surface area contributed by atoms with E-state index in [0.29, 0.717) is 34.9 Å². The smallest absolute Gasteiger partial charge is 0.338 e. The lowest BCUT2D eigenvalue weighted by Gasteiger charge is -2.10. The van der Waals surface area contributed by atoms with E-state index in [1.54, 1.807) is 49.4 Å². The molecule has 0 radical (unpaired) electrons. The van der Waals surface area contributed by atoms with Crippen LogP contribution in [-0.2, 0) is 4.74 Å². The second-order valence-corrected chi connectivity index (χ2v) is 5.39. The first-order valence-corrected chi connectivity index (χ1v) is 8.12. The summed E-state index contributed by atoms with van der Waals surface area (Å²) in [5.41, 5.74) is 1.98. The highest BCUT2D eigenvalue weighted by Gasteiger charge is 2.13. The van der Waals surface area contributed by atoms with E-state index in [-0.39, 0.29) is 5.91 Å². The molecule has 0 aliphatic rings. The molecular weight excluding hydrogens is 350 g/mol. The SMILES string of the molecule is CCOC(=O)c1ccc(NC(=O)c2ccc(-n3cnnn3)c(OC)c2)cc1. The third kappa shape index (κ3) is 4.09. The Hall–Kier alpha value is -3.75. The maximum absolute atomic E-state index is 12.5. The Morgan fingerprint density at radius 1 is 1.11 bits per heavy atom. The summed E-state index contributed by atoms with van der Waals surface area (Å²) in [5.74, 6) is -0.272. The lowest BCUT2D eigenvalue weighted by molar-refractivity contribution is 0.0526. The minimum atomic E-state index is -0.404. The minimum Gasteiger partial charge on any atom is -0.494 e. The van der Waals surface area contributed by atoms with Crippen LogP contribution in [-0.4, -0.2) is 45.8 Å². The number of ether oxygens (including phenoxy) is 2. The number of hydrogen-bond donors (Lipinski definition) is 1. The van der Waals surface area contributed by atoms with Crippen LogP contribution in [0.1, 0.15) is 27.6 Å². The number of nitrogens with one attached hydrogen (secondary N) is 1. The van der Waals surface area contributed by atoms with E-state index in [1.807, 2.05) is 0 Å². The Labute approximate surface area is 154 Å². The Morgan fingerprint density at radius 3 is 2.48 bits per heavy atom. The number of rotatable bonds is 6. The third-order valence-corrected chi connectivity index (χ3v) is 3.69. The lowest BCUT2D eigenvalue weighted by atomic mass is 10.1. The largest absolute Gasteiger partial charge is 0.494 e. The molecule has 0 atom stereocenters. The van der Waals surface area contributed by atoms with Gasteiger partial charge in [-0.05, 0) is 59.8 Å². The van der Waals surface area contributed by atoms with Crippen molar-refractivity contribution < 1.29 is 19.1 Å². The molecule has 9 heteroatoms. The van der Waals surface area contributed by atoms with E-state index in [4.69, 9.17) is 9.47 Å². The van der Waals surface area contributed by atoms with Crippen LogP contribution >= 0.6 is 0 Å². The van der Waals surface area contributed by atoms with Crippen molar-refractivity contribution in [2.24, 2.45) is 0 Å². The molecule has 1 amide bonds. The average molecular weight is 367 g/mol. The summed E-state index contributed by atoms with van der Waals surface area (Å²) < 4.78 is 11.7. The van der Waals surface area contributed by atoms with E-state index < -0.39 is 5.97 Å². The molecule has 0 unspecified atom stereocenters. The monoisotopic (exact) mass is 367 g/mol. The van der Waals surface area contributed by atoms with Crippen LogP contribution in [0.5, 0.6) is 5.75 Å². The Bertz CT molecular complexity index is 939.